The Kier molecular flexibility index (Phi) is 5.58. The molecule has 3 amide bonds. The van der Waals surface area contributed by atoms with E-state index in [2.05, 4.69) is 5.43 Å². The first kappa shape index (κ1) is 21.2. The van der Waals surface area contributed by atoms with Gasteiger partial charge in [0.1, 0.15) is 5.75 Å². The van der Waals surface area contributed by atoms with E-state index in [-0.39, 0.29) is 41.2 Å². The van der Waals surface area contributed by atoms with Crippen LogP contribution >= 0.6 is 23.2 Å². The molecule has 0 spiro atoms. The van der Waals surface area contributed by atoms with Gasteiger partial charge in [-0.2, -0.15) is 5.01 Å². The lowest BCUT2D eigenvalue weighted by molar-refractivity contribution is -0.151. The van der Waals surface area contributed by atoms with E-state index < -0.39 is 12.0 Å². The summed E-state index contributed by atoms with van der Waals surface area (Å²) < 4.78 is 5.73. The van der Waals surface area contributed by atoms with E-state index in [4.69, 9.17) is 27.9 Å². The van der Waals surface area contributed by atoms with Gasteiger partial charge in [0.15, 0.2) is 6.10 Å². The molecule has 0 aromatic heterocycles. The number of nitrogens with one attached hydrogen (secondary N) is 1. The van der Waals surface area contributed by atoms with Gasteiger partial charge in [0.25, 0.3) is 17.7 Å². The zero-order chi connectivity index (χ0) is 21.7. The summed E-state index contributed by atoms with van der Waals surface area (Å²) in [5.41, 5.74) is 4.97. The molecule has 6 nitrogen and oxygen atoms in total. The van der Waals surface area contributed by atoms with Crippen molar-refractivity contribution < 1.29 is 19.1 Å². The Bertz CT molecular complexity index is 924. The number of hydrazine groups is 1. The van der Waals surface area contributed by atoms with Gasteiger partial charge in [-0.15, -0.1) is 0 Å². The van der Waals surface area contributed by atoms with Crippen LogP contribution in [0.4, 0.5) is 0 Å². The molecule has 4 rings (SSSR count). The highest BCUT2D eigenvalue weighted by Gasteiger charge is 2.63. The summed E-state index contributed by atoms with van der Waals surface area (Å²) in [5.74, 6) is -1.47. The molecule has 160 valence electrons. The van der Waals surface area contributed by atoms with Crippen LogP contribution in [0.2, 0.25) is 10.0 Å². The summed E-state index contributed by atoms with van der Waals surface area (Å²) in [7, 11) is 0. The third-order valence-electron chi connectivity index (χ3n) is 6.48. The summed E-state index contributed by atoms with van der Waals surface area (Å²) >= 11 is 12.1. The quantitative estimate of drug-likeness (QED) is 0.539. The predicted molar refractivity (Wildman–Crippen MR) is 113 cm³/mol. The third kappa shape index (κ3) is 3.30. The van der Waals surface area contributed by atoms with Gasteiger partial charge >= 0.3 is 0 Å². The third-order valence-corrected chi connectivity index (χ3v) is 7.02. The maximum absolute atomic E-state index is 13.0. The van der Waals surface area contributed by atoms with Gasteiger partial charge in [0.05, 0.1) is 16.9 Å². The lowest BCUT2D eigenvalue weighted by Gasteiger charge is -2.23. The first-order chi connectivity index (χ1) is 14.2. The van der Waals surface area contributed by atoms with Crippen molar-refractivity contribution in [3.05, 3.63) is 39.4 Å². The van der Waals surface area contributed by atoms with Crippen molar-refractivity contribution in [2.24, 2.45) is 23.7 Å². The monoisotopic (exact) mass is 450 g/mol. The van der Waals surface area contributed by atoms with Crippen LogP contribution < -0.4 is 10.2 Å². The lowest BCUT2D eigenvalue weighted by Crippen LogP contribution is -2.51. The van der Waals surface area contributed by atoms with E-state index in [1.807, 2.05) is 13.8 Å². The minimum atomic E-state index is -0.924. The molecule has 1 aromatic rings. The van der Waals surface area contributed by atoms with Crippen molar-refractivity contribution in [2.75, 3.05) is 0 Å². The van der Waals surface area contributed by atoms with Gasteiger partial charge in [0.2, 0.25) is 0 Å². The summed E-state index contributed by atoms with van der Waals surface area (Å²) in [6, 6.07) is 4.72. The average Bonchev–Trinajstić information content (AvgIpc) is 3.34. The van der Waals surface area contributed by atoms with Gasteiger partial charge in [-0.05, 0) is 57.1 Å². The van der Waals surface area contributed by atoms with Crippen molar-refractivity contribution in [3.8, 4) is 5.75 Å². The van der Waals surface area contributed by atoms with Crippen molar-refractivity contribution >= 4 is 40.9 Å². The number of hydrogen-bond donors (Lipinski definition) is 1. The number of halogens is 2. The molecule has 1 aromatic carbocycles. The van der Waals surface area contributed by atoms with E-state index in [9.17, 15) is 14.4 Å². The number of benzene rings is 1. The highest BCUT2D eigenvalue weighted by molar-refractivity contribution is 6.34. The van der Waals surface area contributed by atoms with Crippen LogP contribution in [-0.4, -0.2) is 28.8 Å². The molecular formula is C22H24Cl2N2O4. The molecule has 0 radical (unpaired) electrons. The number of imide groups is 1. The van der Waals surface area contributed by atoms with E-state index in [0.29, 0.717) is 16.5 Å². The van der Waals surface area contributed by atoms with Crippen LogP contribution in [0.15, 0.2) is 29.3 Å². The van der Waals surface area contributed by atoms with Crippen molar-refractivity contribution in [1.29, 1.82) is 0 Å². The Labute approximate surface area is 185 Å². The Hall–Kier alpha value is -2.05. The number of allylic oxidation sites excluding steroid dienone is 2. The molecule has 0 unspecified atom stereocenters. The molecule has 1 aliphatic heterocycles. The van der Waals surface area contributed by atoms with Crippen LogP contribution in [-0.2, 0) is 14.4 Å². The first-order valence-corrected chi connectivity index (χ1v) is 11.0. The highest BCUT2D eigenvalue weighted by Crippen LogP contribution is 2.59. The number of carbonyl (C=O) groups is 3. The van der Waals surface area contributed by atoms with Crippen LogP contribution in [0.1, 0.15) is 40.0 Å². The molecule has 1 heterocycles. The Morgan fingerprint density at radius 3 is 2.30 bits per heavy atom. The number of rotatable bonds is 5. The van der Waals surface area contributed by atoms with E-state index in [1.54, 1.807) is 19.1 Å². The van der Waals surface area contributed by atoms with Crippen LogP contribution in [0.5, 0.6) is 5.75 Å². The Balaban J connectivity index is 1.50. The smallest absolute Gasteiger partial charge is 0.279 e. The number of nitrogens with zero attached hydrogens (tertiary/aromatic N) is 1. The average molecular weight is 451 g/mol. The summed E-state index contributed by atoms with van der Waals surface area (Å²) in [6.45, 7) is 5.85. The number of fused-ring (bicyclic) bond motifs is 5. The molecule has 2 bridgehead atoms. The maximum Gasteiger partial charge on any atom is 0.279 e. The topological polar surface area (TPSA) is 75.7 Å². The van der Waals surface area contributed by atoms with E-state index in [1.165, 1.54) is 17.2 Å². The standard InChI is InChI=1S/C22H24Cl2N2O4/c1-4-15(30-16-9-11(23)5-8-14(16)24)20(27)25-26-21(28)18-12-6-7-13(17(12)10(2)3)19(18)22(26)29/h5,8-9,12-13,15,18-19H,4,6-7H2,1-3H3,(H,25,27)/t12-,13-,15-,18-,19+/m0/s1. The molecule has 2 aliphatic carbocycles. The molecule has 8 heteroatoms. The normalized spacial score (nSPS) is 28.0. The van der Waals surface area contributed by atoms with Gasteiger partial charge in [-0.25, -0.2) is 0 Å². The lowest BCUT2D eigenvalue weighted by atomic mass is 9.81. The second-order valence-corrected chi connectivity index (χ2v) is 9.22. The van der Waals surface area contributed by atoms with Crippen molar-refractivity contribution in [2.45, 2.75) is 46.1 Å². The van der Waals surface area contributed by atoms with E-state index >= 15 is 0 Å². The largest absolute Gasteiger partial charge is 0.479 e. The summed E-state index contributed by atoms with van der Waals surface area (Å²) in [6.07, 6.45) is 1.24. The number of carbonyl (C=O) groups excluding carboxylic acids is 3. The number of hydrogen-bond acceptors (Lipinski definition) is 4. The van der Waals surface area contributed by atoms with E-state index in [0.717, 1.165) is 17.9 Å². The maximum atomic E-state index is 13.0. The summed E-state index contributed by atoms with van der Waals surface area (Å²) in [4.78, 5) is 38.9. The fourth-order valence-electron chi connectivity index (χ4n) is 5.33. The van der Waals surface area contributed by atoms with Crippen molar-refractivity contribution in [1.82, 2.24) is 10.4 Å². The summed E-state index contributed by atoms with van der Waals surface area (Å²) in [5, 5.41) is 1.66. The predicted octanol–water partition coefficient (Wildman–Crippen LogP) is 4.16. The number of amides is 3. The molecule has 1 saturated heterocycles. The second-order valence-electron chi connectivity index (χ2n) is 8.37. The van der Waals surface area contributed by atoms with Gasteiger partial charge in [-0.1, -0.05) is 41.3 Å². The Morgan fingerprint density at radius 2 is 1.77 bits per heavy atom. The van der Waals surface area contributed by atoms with Gasteiger partial charge in [0, 0.05) is 11.1 Å². The molecule has 5 atom stereocenters. The molecule has 3 aliphatic rings. The molecular weight excluding hydrogens is 427 g/mol. The fraction of sp³-hybridized carbons (Fsp3) is 0.500. The molecule has 30 heavy (non-hydrogen) atoms. The van der Waals surface area contributed by atoms with Crippen LogP contribution in [0.3, 0.4) is 0 Å². The van der Waals surface area contributed by atoms with Crippen LogP contribution in [0, 0.1) is 23.7 Å². The van der Waals surface area contributed by atoms with Gasteiger partial charge < -0.3 is 4.74 Å². The molecule has 1 N–H and O–H groups in total. The minimum absolute atomic E-state index is 0.104. The highest BCUT2D eigenvalue weighted by atomic mass is 35.5. The SMILES string of the molecule is CC[C@H](Oc1cc(Cl)ccc1Cl)C(=O)NN1C(=O)[C@@H]2[C@H](C1=O)[C@H]1CC[C@H]2C1=C(C)C. The zero-order valence-electron chi connectivity index (χ0n) is 17.1. The Morgan fingerprint density at radius 1 is 1.17 bits per heavy atom. The van der Waals surface area contributed by atoms with Crippen LogP contribution in [0.25, 0.3) is 0 Å². The minimum Gasteiger partial charge on any atom is -0.479 e. The zero-order valence-corrected chi connectivity index (χ0v) is 18.6. The van der Waals surface area contributed by atoms with Crippen molar-refractivity contribution in [3.63, 3.8) is 0 Å². The second kappa shape index (κ2) is 7.89. The fourth-order valence-corrected chi connectivity index (χ4v) is 5.65. The first-order valence-electron chi connectivity index (χ1n) is 10.2. The van der Waals surface area contributed by atoms with Gasteiger partial charge in [-0.3, -0.25) is 19.8 Å². The molecule has 2 saturated carbocycles. The molecule has 3 fully saturated rings. The number of ether oxygens (including phenoxy) is 1.